The van der Waals surface area contributed by atoms with Gasteiger partial charge in [-0.2, -0.15) is 5.26 Å². The number of imidazole rings is 1. The number of nitrogens with zero attached hydrogens (tertiary/aromatic N) is 4. The number of aromatic hydroxyl groups is 1. The summed E-state index contributed by atoms with van der Waals surface area (Å²) in [5, 5.41) is 20.4. The molecule has 256 valence electrons. The van der Waals surface area contributed by atoms with Gasteiger partial charge in [-0.3, -0.25) is 0 Å². The van der Waals surface area contributed by atoms with E-state index in [4.69, 9.17) is 4.98 Å². The van der Waals surface area contributed by atoms with E-state index in [1.54, 1.807) is 30.0 Å². The number of benzene rings is 6. The van der Waals surface area contributed by atoms with Crippen molar-refractivity contribution in [2.75, 3.05) is 11.2 Å². The largest absolute Gasteiger partial charge is 0.505 e. The Balaban J connectivity index is 1.57. The number of thioether (sulfide) groups is 1. The lowest BCUT2D eigenvalue weighted by Crippen LogP contribution is -2.39. The summed E-state index contributed by atoms with van der Waals surface area (Å²) in [6.45, 7) is 2.10. The van der Waals surface area contributed by atoms with Crippen LogP contribution in [-0.4, -0.2) is 20.9 Å². The van der Waals surface area contributed by atoms with Crippen LogP contribution in [0.1, 0.15) is 40.6 Å². The Morgan fingerprint density at radius 2 is 1.35 bits per heavy atom. The molecule has 0 saturated carbocycles. The first-order valence-corrected chi connectivity index (χ1v) is 18.4. The molecule has 0 bridgehead atoms. The number of phenols is 1. The summed E-state index contributed by atoms with van der Waals surface area (Å²) in [7, 11) is 0. The highest BCUT2D eigenvalue weighted by molar-refractivity contribution is 7.98. The Kier molecular flexibility index (Phi) is 9.92. The molecule has 0 unspecified atom stereocenters. The molecule has 1 heterocycles. The van der Waals surface area contributed by atoms with Crippen LogP contribution in [0.3, 0.4) is 0 Å². The molecule has 0 fully saturated rings. The van der Waals surface area contributed by atoms with Gasteiger partial charge in [-0.05, 0) is 77.4 Å². The third-order valence-corrected chi connectivity index (χ3v) is 10.3. The topological polar surface area (TPSA) is 65.1 Å². The average Bonchev–Trinajstić information content (AvgIpc) is 3.63. The van der Waals surface area contributed by atoms with Crippen molar-refractivity contribution in [3.8, 4) is 23.1 Å². The van der Waals surface area contributed by atoms with Crippen LogP contribution in [-0.2, 0) is 18.5 Å². The van der Waals surface area contributed by atoms with Crippen LogP contribution in [0.2, 0.25) is 0 Å². The quantitative estimate of drug-likeness (QED) is 0.107. The zero-order chi connectivity index (χ0) is 36.1. The third kappa shape index (κ3) is 6.34. The van der Waals surface area contributed by atoms with Gasteiger partial charge in [-0.15, -0.1) is 11.8 Å². The minimum Gasteiger partial charge on any atom is -0.505 e. The van der Waals surface area contributed by atoms with E-state index in [9.17, 15) is 10.4 Å². The van der Waals surface area contributed by atoms with Gasteiger partial charge in [0.2, 0.25) is 0 Å². The molecule has 0 atom stereocenters. The van der Waals surface area contributed by atoms with Gasteiger partial charge >= 0.3 is 0 Å². The van der Waals surface area contributed by atoms with Crippen LogP contribution in [0.4, 0.5) is 15.8 Å². The molecular formula is C45H37FN4OS. The van der Waals surface area contributed by atoms with Gasteiger partial charge in [0.15, 0.2) is 11.6 Å². The zero-order valence-corrected chi connectivity index (χ0v) is 29.8. The average molecular weight is 701 g/mol. The van der Waals surface area contributed by atoms with Gasteiger partial charge in [0, 0.05) is 22.3 Å². The Morgan fingerprint density at radius 3 is 1.88 bits per heavy atom. The van der Waals surface area contributed by atoms with Gasteiger partial charge in [0.05, 0.1) is 29.6 Å². The van der Waals surface area contributed by atoms with Crippen LogP contribution < -0.4 is 4.90 Å². The number of aromatic nitrogens is 2. The Morgan fingerprint density at radius 1 is 0.788 bits per heavy atom. The molecule has 0 aliphatic carbocycles. The Bertz CT molecular complexity index is 2240. The predicted molar refractivity (Wildman–Crippen MR) is 208 cm³/mol. The highest BCUT2D eigenvalue weighted by Crippen LogP contribution is 2.44. The number of hydrogen-bond donors (Lipinski definition) is 1. The lowest BCUT2D eigenvalue weighted by molar-refractivity contribution is 0.431. The van der Waals surface area contributed by atoms with E-state index in [1.807, 2.05) is 90.7 Å². The van der Waals surface area contributed by atoms with Crippen molar-refractivity contribution < 1.29 is 9.50 Å². The normalized spacial score (nSPS) is 11.3. The third-order valence-electron chi connectivity index (χ3n) is 9.50. The maximum atomic E-state index is 16.2. The standard InChI is InChI=1S/C45H37FN4OS/c1-3-32-27-40(44(46)41(51)28-32)49(37-25-23-33(29-47)24-26-37)31-43-48-39(38-21-13-14-22-42(38)52-2)30-50(43)45(34-15-7-4-8-16-34,35-17-9-5-10-18-35)36-19-11-6-12-20-36/h4-28,30,51H,3,31H2,1-2H3. The molecule has 0 spiro atoms. The summed E-state index contributed by atoms with van der Waals surface area (Å²) in [4.78, 5) is 8.34. The number of hydrogen-bond acceptors (Lipinski definition) is 5. The van der Waals surface area contributed by atoms with Crippen molar-refractivity contribution in [3.63, 3.8) is 0 Å². The summed E-state index contributed by atoms with van der Waals surface area (Å²) in [6.07, 6.45) is 4.78. The molecule has 0 aliphatic rings. The molecule has 7 heteroatoms. The summed E-state index contributed by atoms with van der Waals surface area (Å²) in [5.41, 5.74) is 6.08. The number of aryl methyl sites for hydroxylation is 1. The van der Waals surface area contributed by atoms with E-state index in [0.717, 1.165) is 38.4 Å². The van der Waals surface area contributed by atoms with Crippen molar-refractivity contribution in [2.45, 2.75) is 30.3 Å². The Labute approximate surface area is 308 Å². The SMILES string of the molecule is CCc1cc(O)c(F)c(N(Cc2nc(-c3ccccc3SC)cn2C(c2ccccc2)(c2ccccc2)c2ccccc2)c2ccc(C#N)cc2)c1. The van der Waals surface area contributed by atoms with Crippen molar-refractivity contribution in [1.29, 1.82) is 5.26 Å². The summed E-state index contributed by atoms with van der Waals surface area (Å²) < 4.78 is 18.5. The first-order valence-electron chi connectivity index (χ1n) is 17.2. The fraction of sp³-hybridized carbons (Fsp3) is 0.111. The Hall–Kier alpha value is -6.10. The molecule has 1 aromatic heterocycles. The first-order chi connectivity index (χ1) is 25.5. The second-order valence-corrected chi connectivity index (χ2v) is 13.3. The van der Waals surface area contributed by atoms with Gasteiger partial charge in [-0.1, -0.05) is 116 Å². The minimum absolute atomic E-state index is 0.130. The first kappa shape index (κ1) is 34.4. The van der Waals surface area contributed by atoms with Gasteiger partial charge in [0.1, 0.15) is 11.4 Å². The molecule has 0 saturated heterocycles. The molecule has 1 N–H and O–H groups in total. The van der Waals surface area contributed by atoms with Crippen LogP contribution in [0.15, 0.2) is 163 Å². The molecule has 0 radical (unpaired) electrons. The number of phenolic OH excluding ortho intramolecular Hbond substituents is 1. The maximum Gasteiger partial charge on any atom is 0.188 e. The van der Waals surface area contributed by atoms with Gasteiger partial charge in [0.25, 0.3) is 0 Å². The molecule has 6 aromatic carbocycles. The number of rotatable bonds is 11. The van der Waals surface area contributed by atoms with Crippen molar-refractivity contribution in [1.82, 2.24) is 9.55 Å². The second kappa shape index (κ2) is 15.0. The molecule has 0 amide bonds. The fourth-order valence-corrected chi connectivity index (χ4v) is 7.59. The highest BCUT2D eigenvalue weighted by Gasteiger charge is 2.41. The summed E-state index contributed by atoms with van der Waals surface area (Å²) >= 11 is 1.66. The van der Waals surface area contributed by atoms with E-state index in [1.165, 1.54) is 6.07 Å². The lowest BCUT2D eigenvalue weighted by Gasteiger charge is -2.39. The van der Waals surface area contributed by atoms with E-state index >= 15 is 4.39 Å². The van der Waals surface area contributed by atoms with Crippen LogP contribution >= 0.6 is 11.8 Å². The van der Waals surface area contributed by atoms with Gasteiger partial charge in [-0.25, -0.2) is 9.37 Å². The predicted octanol–water partition coefficient (Wildman–Crippen LogP) is 10.7. The maximum absolute atomic E-state index is 16.2. The van der Waals surface area contributed by atoms with Crippen LogP contribution in [0, 0.1) is 17.1 Å². The van der Waals surface area contributed by atoms with Crippen molar-refractivity contribution in [2.24, 2.45) is 0 Å². The molecule has 7 aromatic rings. The van der Waals surface area contributed by atoms with Crippen LogP contribution in [0.5, 0.6) is 5.75 Å². The minimum atomic E-state index is -0.902. The second-order valence-electron chi connectivity index (χ2n) is 12.5. The van der Waals surface area contributed by atoms with E-state index in [0.29, 0.717) is 23.5 Å². The molecular weight excluding hydrogens is 664 g/mol. The van der Waals surface area contributed by atoms with Gasteiger partial charge < -0.3 is 14.6 Å². The van der Waals surface area contributed by atoms with Crippen LogP contribution in [0.25, 0.3) is 11.3 Å². The van der Waals surface area contributed by atoms with Crippen molar-refractivity contribution >= 4 is 23.1 Å². The smallest absolute Gasteiger partial charge is 0.188 e. The zero-order valence-electron chi connectivity index (χ0n) is 28.9. The molecule has 5 nitrogen and oxygen atoms in total. The van der Waals surface area contributed by atoms with E-state index in [-0.39, 0.29) is 12.2 Å². The number of anilines is 2. The molecule has 0 aliphatic heterocycles. The number of nitriles is 1. The highest BCUT2D eigenvalue weighted by atomic mass is 32.2. The number of halogens is 1. The molecule has 52 heavy (non-hydrogen) atoms. The molecule has 7 rings (SSSR count). The van der Waals surface area contributed by atoms with Crippen molar-refractivity contribution in [3.05, 3.63) is 197 Å². The van der Waals surface area contributed by atoms with E-state index in [2.05, 4.69) is 71.6 Å². The monoisotopic (exact) mass is 700 g/mol. The fourth-order valence-electron chi connectivity index (χ4n) is 6.99. The van der Waals surface area contributed by atoms with E-state index < -0.39 is 17.1 Å². The summed E-state index contributed by atoms with van der Waals surface area (Å²) in [6, 6.07) is 51.9. The summed E-state index contributed by atoms with van der Waals surface area (Å²) in [5.74, 6) is -0.487. The lowest BCUT2D eigenvalue weighted by atomic mass is 9.76.